The third-order valence-corrected chi connectivity index (χ3v) is 4.16. The maximum Gasteiger partial charge on any atom is 0.273 e. The van der Waals surface area contributed by atoms with Crippen molar-refractivity contribution in [3.8, 4) is 0 Å². The Morgan fingerprint density at radius 2 is 2.24 bits per heavy atom. The van der Waals surface area contributed by atoms with Gasteiger partial charge in [-0.15, -0.1) is 0 Å². The molecule has 1 aromatic rings. The molecular weight excluding hydrogens is 274 g/mol. The zero-order valence-corrected chi connectivity index (χ0v) is 11.9. The molecule has 0 unspecified atom stereocenters. The lowest BCUT2D eigenvalue weighted by Crippen LogP contribution is -2.41. The van der Waals surface area contributed by atoms with Crippen LogP contribution < -0.4 is 5.32 Å². The lowest BCUT2D eigenvalue weighted by molar-refractivity contribution is -0.133. The minimum Gasteiger partial charge on any atom is -0.387 e. The van der Waals surface area contributed by atoms with E-state index in [9.17, 15) is 9.59 Å². The second kappa shape index (κ2) is 5.48. The molecular formula is C14H19N3O4. The molecule has 2 N–H and O–H groups in total. The Hall–Kier alpha value is -1.89. The van der Waals surface area contributed by atoms with Crippen LogP contribution in [0.1, 0.15) is 41.9 Å². The van der Waals surface area contributed by atoms with E-state index >= 15 is 0 Å². The first-order valence-corrected chi connectivity index (χ1v) is 7.24. The van der Waals surface area contributed by atoms with E-state index in [4.69, 9.17) is 9.63 Å². The maximum absolute atomic E-state index is 12.2. The second-order valence-corrected chi connectivity index (χ2v) is 5.90. The fourth-order valence-corrected chi connectivity index (χ4v) is 2.66. The van der Waals surface area contributed by atoms with Crippen LogP contribution in [-0.2, 0) is 4.79 Å². The molecule has 7 nitrogen and oxygen atoms in total. The molecule has 0 radical (unpaired) electrons. The monoisotopic (exact) mass is 293 g/mol. The lowest BCUT2D eigenvalue weighted by Gasteiger charge is -2.15. The van der Waals surface area contributed by atoms with Crippen molar-refractivity contribution in [1.82, 2.24) is 15.4 Å². The third kappa shape index (κ3) is 2.92. The minimum absolute atomic E-state index is 0.130. The van der Waals surface area contributed by atoms with Crippen molar-refractivity contribution in [3.63, 3.8) is 0 Å². The summed E-state index contributed by atoms with van der Waals surface area (Å²) < 4.78 is 5.17. The number of nitrogens with one attached hydrogen (secondary N) is 1. The Balaban J connectivity index is 1.60. The summed E-state index contributed by atoms with van der Waals surface area (Å²) in [6.45, 7) is 2.42. The van der Waals surface area contributed by atoms with Crippen LogP contribution in [0.3, 0.4) is 0 Å². The van der Waals surface area contributed by atoms with Crippen molar-refractivity contribution < 1.29 is 19.2 Å². The number of amides is 2. The van der Waals surface area contributed by atoms with E-state index in [0.717, 1.165) is 18.6 Å². The van der Waals surface area contributed by atoms with E-state index in [-0.39, 0.29) is 29.5 Å². The fraction of sp³-hybridized carbons (Fsp3) is 0.643. The maximum atomic E-state index is 12.2. The predicted molar refractivity (Wildman–Crippen MR) is 72.6 cm³/mol. The number of likely N-dealkylation sites (tertiary alicyclic amines) is 1. The lowest BCUT2D eigenvalue weighted by atomic mass is 10.1. The number of aliphatic hydroxyl groups is 1. The summed E-state index contributed by atoms with van der Waals surface area (Å²) in [6, 6.07) is 1.57. The van der Waals surface area contributed by atoms with E-state index in [2.05, 4.69) is 10.5 Å². The van der Waals surface area contributed by atoms with Crippen LogP contribution in [0.15, 0.2) is 10.6 Å². The molecule has 0 aromatic carbocycles. The van der Waals surface area contributed by atoms with Crippen LogP contribution in [0.2, 0.25) is 0 Å². The van der Waals surface area contributed by atoms with Gasteiger partial charge in [0, 0.05) is 25.1 Å². The molecule has 7 heteroatoms. The highest BCUT2D eigenvalue weighted by Crippen LogP contribution is 2.40. The first kappa shape index (κ1) is 14.1. The molecule has 1 aliphatic heterocycles. The highest BCUT2D eigenvalue weighted by molar-refractivity contribution is 5.92. The predicted octanol–water partition coefficient (Wildman–Crippen LogP) is 0.121. The van der Waals surface area contributed by atoms with E-state index < -0.39 is 6.61 Å². The van der Waals surface area contributed by atoms with Gasteiger partial charge in [0.15, 0.2) is 5.69 Å². The average Bonchev–Trinajstić information content (AvgIpc) is 3.09. The van der Waals surface area contributed by atoms with Crippen molar-refractivity contribution in [3.05, 3.63) is 17.5 Å². The summed E-state index contributed by atoms with van der Waals surface area (Å²) >= 11 is 0. The van der Waals surface area contributed by atoms with Gasteiger partial charge in [-0.05, 0) is 18.8 Å². The molecule has 2 aliphatic rings. The van der Waals surface area contributed by atoms with Crippen LogP contribution in [0, 0.1) is 5.92 Å². The van der Waals surface area contributed by atoms with Gasteiger partial charge < -0.3 is 19.8 Å². The Bertz CT molecular complexity index is 552. The molecule has 2 amide bonds. The Morgan fingerprint density at radius 3 is 2.90 bits per heavy atom. The molecule has 1 aromatic heterocycles. The molecule has 0 spiro atoms. The topological polar surface area (TPSA) is 95.7 Å². The number of hydrogen-bond donors (Lipinski definition) is 2. The highest BCUT2D eigenvalue weighted by Gasteiger charge is 2.34. The zero-order chi connectivity index (χ0) is 15.0. The molecule has 0 bridgehead atoms. The molecule has 2 atom stereocenters. The normalized spacial score (nSPS) is 25.1. The van der Waals surface area contributed by atoms with Gasteiger partial charge in [-0.3, -0.25) is 9.59 Å². The average molecular weight is 293 g/mol. The number of aliphatic hydroxyl groups excluding tert-OH is 1. The molecule has 114 valence electrons. The van der Waals surface area contributed by atoms with Gasteiger partial charge in [0.25, 0.3) is 5.91 Å². The van der Waals surface area contributed by atoms with E-state index in [1.165, 1.54) is 0 Å². The summed E-state index contributed by atoms with van der Waals surface area (Å²) in [6.07, 6.45) is 2.18. The summed E-state index contributed by atoms with van der Waals surface area (Å²) in [5, 5.41) is 15.6. The number of carbonyl (C=O) groups is 2. The number of hydrogen-bond acceptors (Lipinski definition) is 5. The van der Waals surface area contributed by atoms with Crippen LogP contribution in [-0.4, -0.2) is 52.7 Å². The van der Waals surface area contributed by atoms with Crippen molar-refractivity contribution in [2.24, 2.45) is 5.92 Å². The molecule has 1 saturated carbocycles. The quantitative estimate of drug-likeness (QED) is 0.822. The Morgan fingerprint density at radius 1 is 1.48 bits per heavy atom. The van der Waals surface area contributed by atoms with Crippen molar-refractivity contribution in [2.45, 2.75) is 31.7 Å². The smallest absolute Gasteiger partial charge is 0.273 e. The van der Waals surface area contributed by atoms with Crippen molar-refractivity contribution in [1.29, 1.82) is 0 Å². The summed E-state index contributed by atoms with van der Waals surface area (Å²) in [5.74, 6) is 0.745. The van der Waals surface area contributed by atoms with Crippen molar-refractivity contribution >= 4 is 11.8 Å². The van der Waals surface area contributed by atoms with Gasteiger partial charge in [0.2, 0.25) is 5.91 Å². The van der Waals surface area contributed by atoms with Crippen LogP contribution in [0.5, 0.6) is 0 Å². The van der Waals surface area contributed by atoms with Crippen LogP contribution >= 0.6 is 0 Å². The summed E-state index contributed by atoms with van der Waals surface area (Å²) in [4.78, 5) is 25.2. The van der Waals surface area contributed by atoms with Crippen LogP contribution in [0.4, 0.5) is 0 Å². The van der Waals surface area contributed by atoms with Gasteiger partial charge in [0.1, 0.15) is 12.4 Å². The second-order valence-electron chi connectivity index (χ2n) is 5.90. The van der Waals surface area contributed by atoms with Gasteiger partial charge in [-0.25, -0.2) is 0 Å². The first-order valence-electron chi connectivity index (χ1n) is 7.24. The van der Waals surface area contributed by atoms with Gasteiger partial charge in [0.05, 0.1) is 6.04 Å². The van der Waals surface area contributed by atoms with Gasteiger partial charge >= 0.3 is 0 Å². The zero-order valence-electron chi connectivity index (χ0n) is 11.9. The van der Waals surface area contributed by atoms with Crippen molar-refractivity contribution in [2.75, 3.05) is 19.7 Å². The Kier molecular flexibility index (Phi) is 3.67. The van der Waals surface area contributed by atoms with Crippen LogP contribution in [0.25, 0.3) is 0 Å². The number of rotatable bonds is 4. The molecule has 3 rings (SSSR count). The number of nitrogens with zero attached hydrogens (tertiary/aromatic N) is 2. The van der Waals surface area contributed by atoms with Gasteiger partial charge in [-0.1, -0.05) is 12.1 Å². The third-order valence-electron chi connectivity index (χ3n) is 4.16. The summed E-state index contributed by atoms with van der Waals surface area (Å²) in [5.41, 5.74) is 0.288. The minimum atomic E-state index is -0.499. The molecule has 2 fully saturated rings. The van der Waals surface area contributed by atoms with E-state index in [1.807, 2.05) is 6.92 Å². The fourth-order valence-electron chi connectivity index (χ4n) is 2.66. The van der Waals surface area contributed by atoms with Gasteiger partial charge in [-0.2, -0.15) is 0 Å². The standard InChI is InChI=1S/C14H19N3O4/c1-8-5-17(13(19)7-18)6-11(8)15-14(20)10-4-12(21-16-10)9-2-3-9/h4,8-9,11,18H,2-3,5-7H2,1H3,(H,15,20)/t8-,11+/m1/s1. The molecule has 1 aliphatic carbocycles. The largest absolute Gasteiger partial charge is 0.387 e. The first-order chi connectivity index (χ1) is 10.1. The van der Waals surface area contributed by atoms with E-state index in [1.54, 1.807) is 11.0 Å². The summed E-state index contributed by atoms with van der Waals surface area (Å²) in [7, 11) is 0. The SMILES string of the molecule is C[C@@H]1CN(C(=O)CO)C[C@@H]1NC(=O)c1cc(C2CC2)on1. The highest BCUT2D eigenvalue weighted by atomic mass is 16.5. The molecule has 2 heterocycles. The number of carbonyl (C=O) groups excluding carboxylic acids is 2. The number of aromatic nitrogens is 1. The Labute approximate surface area is 122 Å². The molecule has 21 heavy (non-hydrogen) atoms. The van der Waals surface area contributed by atoms with E-state index in [0.29, 0.717) is 19.0 Å². The molecule has 1 saturated heterocycles.